The van der Waals surface area contributed by atoms with Crippen molar-refractivity contribution in [1.82, 2.24) is 9.44 Å². The summed E-state index contributed by atoms with van der Waals surface area (Å²) in [6.07, 6.45) is 0. The smallest absolute Gasteiger partial charge is 0.729 e. The van der Waals surface area contributed by atoms with Crippen LogP contribution in [0.3, 0.4) is 0 Å². The van der Waals surface area contributed by atoms with E-state index in [0.717, 1.165) is 23.9 Å². The van der Waals surface area contributed by atoms with Gasteiger partial charge in [-0.3, -0.25) is 9.44 Å². The third-order valence-corrected chi connectivity index (χ3v) is 3.14. The van der Waals surface area contributed by atoms with Gasteiger partial charge in [0.15, 0.2) is 0 Å². The van der Waals surface area contributed by atoms with E-state index in [-0.39, 0.29) is 41.0 Å². The largest absolute Gasteiger partial charge is 2.00 e. The number of carbonyl (C=O) groups excluding carboxylic acids is 2. The molecule has 0 bridgehead atoms. The standard InChI is InChI=1S/2C5H11NOS2.Pt/c2*1-5(2,3)6-9-4(7)8;/h2*6H,1-3H3,(H,7,8);/q;;+2/p-2. The van der Waals surface area contributed by atoms with Crippen molar-refractivity contribution in [2.24, 2.45) is 0 Å². The SMILES string of the molecule is CC(C)(C)NSC(=O)[S-].CC(C)(C)NSC(=O)[S-].[Pt+2]. The van der Waals surface area contributed by atoms with Crippen molar-refractivity contribution >= 4 is 58.0 Å². The Morgan fingerprint density at radius 1 is 0.789 bits per heavy atom. The molecular formula is C10H20N2O2PtS4. The summed E-state index contributed by atoms with van der Waals surface area (Å²) >= 11 is 10.5. The average Bonchev–Trinajstić information content (AvgIpc) is 2.10. The van der Waals surface area contributed by atoms with Crippen LogP contribution in [0.4, 0.5) is 9.59 Å². The molecule has 2 N–H and O–H groups in total. The van der Waals surface area contributed by atoms with Gasteiger partial charge in [-0.25, -0.2) is 0 Å². The van der Waals surface area contributed by atoms with Gasteiger partial charge in [0.25, 0.3) is 0 Å². The molecule has 0 heterocycles. The van der Waals surface area contributed by atoms with Crippen molar-refractivity contribution in [3.63, 3.8) is 0 Å². The molecule has 116 valence electrons. The maximum absolute atomic E-state index is 10.2. The molecule has 4 nitrogen and oxygen atoms in total. The maximum Gasteiger partial charge on any atom is 2.00 e. The van der Waals surface area contributed by atoms with Crippen LogP contribution in [0.15, 0.2) is 0 Å². The monoisotopic (exact) mass is 523 g/mol. The Labute approximate surface area is 150 Å². The summed E-state index contributed by atoms with van der Waals surface area (Å²) < 4.78 is 5.14. The molecule has 0 fully saturated rings. The molecule has 0 aliphatic heterocycles. The van der Waals surface area contributed by atoms with E-state index >= 15 is 0 Å². The van der Waals surface area contributed by atoms with E-state index in [1.54, 1.807) is 0 Å². The molecule has 19 heavy (non-hydrogen) atoms. The van der Waals surface area contributed by atoms with Gasteiger partial charge in [0.05, 0.1) is 8.89 Å². The van der Waals surface area contributed by atoms with Crippen molar-refractivity contribution in [2.45, 2.75) is 52.6 Å². The summed E-state index contributed by atoms with van der Waals surface area (Å²) in [6.45, 7) is 11.8. The quantitative estimate of drug-likeness (QED) is 0.422. The summed E-state index contributed by atoms with van der Waals surface area (Å²) in [6, 6.07) is 0. The molecule has 0 unspecified atom stereocenters. The van der Waals surface area contributed by atoms with Crippen LogP contribution in [-0.2, 0) is 46.3 Å². The summed E-state index contributed by atoms with van der Waals surface area (Å²) in [5.41, 5.74) is -0.0850. The van der Waals surface area contributed by atoms with Crippen LogP contribution in [0.2, 0.25) is 0 Å². The first-order valence-corrected chi connectivity index (χ1v) is 7.58. The second kappa shape index (κ2) is 11.7. The summed E-state index contributed by atoms with van der Waals surface area (Å²) in [4.78, 5) is 20.4. The van der Waals surface area contributed by atoms with E-state index in [1.165, 1.54) is 0 Å². The molecule has 0 radical (unpaired) electrons. The van der Waals surface area contributed by atoms with Gasteiger partial charge in [0, 0.05) is 11.1 Å². The van der Waals surface area contributed by atoms with Crippen LogP contribution < -0.4 is 9.44 Å². The van der Waals surface area contributed by atoms with Gasteiger partial charge in [-0.15, -0.1) is 0 Å². The second-order valence-electron chi connectivity index (χ2n) is 5.41. The Hall–Kier alpha value is 1.09. The molecule has 0 saturated heterocycles. The Morgan fingerprint density at radius 2 is 1.00 bits per heavy atom. The molecule has 0 spiro atoms. The number of hydrogen-bond acceptors (Lipinski definition) is 8. The molecule has 0 amide bonds. The van der Waals surface area contributed by atoms with Crippen molar-refractivity contribution in [3.05, 3.63) is 0 Å². The van der Waals surface area contributed by atoms with Crippen molar-refractivity contribution in [3.8, 4) is 0 Å². The Bertz CT molecular complexity index is 250. The minimum absolute atomic E-state index is 0. The first-order chi connectivity index (χ1) is 7.83. The third-order valence-electron chi connectivity index (χ3n) is 0.881. The van der Waals surface area contributed by atoms with Gasteiger partial charge in [-0.05, 0) is 65.4 Å². The molecule has 0 saturated carbocycles. The van der Waals surface area contributed by atoms with Gasteiger partial charge >= 0.3 is 21.1 Å². The summed E-state index contributed by atoms with van der Waals surface area (Å²) in [7, 11) is 0. The van der Waals surface area contributed by atoms with E-state index in [2.05, 4.69) is 34.7 Å². The molecule has 0 aromatic rings. The first kappa shape index (κ1) is 25.1. The normalized spacial score (nSPS) is 10.8. The van der Waals surface area contributed by atoms with Crippen LogP contribution in [0.5, 0.6) is 0 Å². The summed E-state index contributed by atoms with van der Waals surface area (Å²) in [5, 5.41) is 0. The van der Waals surface area contributed by atoms with Gasteiger partial charge in [0.1, 0.15) is 0 Å². The zero-order valence-corrected chi connectivity index (χ0v) is 17.3. The fourth-order valence-corrected chi connectivity index (χ4v) is 1.42. The average molecular weight is 524 g/mol. The van der Waals surface area contributed by atoms with Crippen molar-refractivity contribution in [1.29, 1.82) is 0 Å². The van der Waals surface area contributed by atoms with E-state index in [0.29, 0.717) is 0 Å². The molecule has 0 aromatic carbocycles. The topological polar surface area (TPSA) is 58.2 Å². The van der Waals surface area contributed by atoms with Crippen LogP contribution in [0, 0.1) is 0 Å². The fourth-order valence-electron chi connectivity index (χ4n) is 0.390. The number of rotatable bonds is 2. The second-order valence-corrected chi connectivity index (χ2v) is 8.22. The molecular weight excluding hydrogens is 503 g/mol. The molecule has 0 rings (SSSR count). The molecule has 9 heteroatoms. The number of hydrogen-bond donors (Lipinski definition) is 2. The fraction of sp³-hybridized carbons (Fsp3) is 0.800. The van der Waals surface area contributed by atoms with Gasteiger partial charge in [-0.1, -0.05) is 0 Å². The van der Waals surface area contributed by atoms with E-state index in [1.807, 2.05) is 41.5 Å². The minimum atomic E-state index is -0.315. The number of carbonyl (C=O) groups is 2. The zero-order chi connectivity index (χ0) is 15.0. The zero-order valence-electron chi connectivity index (χ0n) is 11.8. The molecule has 0 aromatic heterocycles. The van der Waals surface area contributed by atoms with Crippen LogP contribution in [-0.4, -0.2) is 20.0 Å². The predicted molar refractivity (Wildman–Crippen MR) is 86.5 cm³/mol. The van der Waals surface area contributed by atoms with E-state index in [4.69, 9.17) is 0 Å². The van der Waals surface area contributed by atoms with E-state index in [9.17, 15) is 9.59 Å². The van der Waals surface area contributed by atoms with Crippen molar-refractivity contribution in [2.75, 3.05) is 0 Å². The maximum atomic E-state index is 10.2. The van der Waals surface area contributed by atoms with Gasteiger partial charge in [-0.2, -0.15) is 0 Å². The Kier molecular flexibility index (Phi) is 15.5. The first-order valence-electron chi connectivity index (χ1n) is 5.13. The van der Waals surface area contributed by atoms with Crippen LogP contribution >= 0.6 is 23.9 Å². The third kappa shape index (κ3) is 32.5. The van der Waals surface area contributed by atoms with Crippen molar-refractivity contribution < 1.29 is 30.7 Å². The van der Waals surface area contributed by atoms with Gasteiger partial charge in [0.2, 0.25) is 0 Å². The van der Waals surface area contributed by atoms with Crippen LogP contribution in [0.25, 0.3) is 0 Å². The number of nitrogens with one attached hydrogen (secondary N) is 2. The summed E-state index contributed by atoms with van der Waals surface area (Å²) in [5.74, 6) is 0. The van der Waals surface area contributed by atoms with Crippen LogP contribution in [0.1, 0.15) is 41.5 Å². The molecule has 0 aliphatic carbocycles. The molecule has 0 aliphatic rings. The Balaban J connectivity index is -0.000000256. The predicted octanol–water partition coefficient (Wildman–Crippen LogP) is 3.38. The molecule has 0 atom stereocenters. The Morgan fingerprint density at radius 3 is 1.05 bits per heavy atom. The van der Waals surface area contributed by atoms with E-state index < -0.39 is 0 Å². The van der Waals surface area contributed by atoms with Gasteiger partial charge < -0.3 is 34.8 Å². The minimum Gasteiger partial charge on any atom is -0.729 e.